The molecule has 2 aromatic rings. The van der Waals surface area contributed by atoms with Gasteiger partial charge in [0.05, 0.1) is 12.7 Å². The molecule has 0 aliphatic carbocycles. The van der Waals surface area contributed by atoms with Crippen molar-refractivity contribution in [2.75, 3.05) is 6.61 Å². The maximum atomic E-state index is 10.0. The number of aliphatic hydroxyl groups is 1. The van der Waals surface area contributed by atoms with Crippen LogP contribution in [-0.4, -0.2) is 26.1 Å². The average molecular weight is 397 g/mol. The standard InChI is InChI=1S/C24H32O3Si/c1-24(2,3)28(4,5)27-21-16-20(18-12-8-6-9-13-18)22(17-25)26-23(21)19-14-10-7-11-15-19/h6-16,20,22-23,25H,17H2,1-5H3/t20-,22-,23+/m1/s1. The van der Waals surface area contributed by atoms with Gasteiger partial charge in [-0.25, -0.2) is 0 Å². The molecule has 0 bridgehead atoms. The third-order valence-electron chi connectivity index (χ3n) is 5.96. The monoisotopic (exact) mass is 396 g/mol. The van der Waals surface area contributed by atoms with E-state index in [1.54, 1.807) is 0 Å². The predicted octanol–water partition coefficient (Wildman–Crippen LogP) is 5.81. The molecule has 1 aliphatic rings. The Hall–Kier alpha value is -1.88. The molecule has 0 saturated heterocycles. The zero-order chi connectivity index (χ0) is 20.4. The van der Waals surface area contributed by atoms with E-state index in [0.717, 1.165) is 16.9 Å². The Kier molecular flexibility index (Phi) is 6.13. The summed E-state index contributed by atoms with van der Waals surface area (Å²) in [6.45, 7) is 11.2. The van der Waals surface area contributed by atoms with Crippen molar-refractivity contribution in [2.24, 2.45) is 0 Å². The lowest BCUT2D eigenvalue weighted by Crippen LogP contribution is -2.43. The van der Waals surface area contributed by atoms with Crippen molar-refractivity contribution >= 4 is 8.32 Å². The van der Waals surface area contributed by atoms with E-state index in [4.69, 9.17) is 9.16 Å². The van der Waals surface area contributed by atoms with E-state index in [1.165, 1.54) is 0 Å². The lowest BCUT2D eigenvalue weighted by atomic mass is 9.89. The SMILES string of the molecule is CC(C)(C)[Si](C)(C)OC1=C[C@H](c2ccccc2)[C@@H](CO)O[C@H]1c1ccccc1. The third kappa shape index (κ3) is 4.40. The third-order valence-corrected chi connectivity index (χ3v) is 10.3. The Labute approximate surface area is 170 Å². The number of hydrogen-bond donors (Lipinski definition) is 1. The molecule has 0 unspecified atom stereocenters. The molecule has 0 radical (unpaired) electrons. The first kappa shape index (κ1) is 20.8. The highest BCUT2D eigenvalue weighted by Crippen LogP contribution is 2.44. The Morgan fingerprint density at radius 2 is 1.46 bits per heavy atom. The lowest BCUT2D eigenvalue weighted by molar-refractivity contribution is -0.0574. The van der Waals surface area contributed by atoms with Crippen molar-refractivity contribution in [3.05, 3.63) is 83.6 Å². The van der Waals surface area contributed by atoms with Crippen molar-refractivity contribution in [3.8, 4) is 0 Å². The summed E-state index contributed by atoms with van der Waals surface area (Å²) in [5.41, 5.74) is 2.18. The molecule has 3 nitrogen and oxygen atoms in total. The van der Waals surface area contributed by atoms with Gasteiger partial charge in [0.2, 0.25) is 8.32 Å². The summed E-state index contributed by atoms with van der Waals surface area (Å²) in [6.07, 6.45) is 1.57. The predicted molar refractivity (Wildman–Crippen MR) is 117 cm³/mol. The van der Waals surface area contributed by atoms with E-state index < -0.39 is 8.32 Å². The van der Waals surface area contributed by atoms with Crippen LogP contribution in [0.2, 0.25) is 18.1 Å². The highest BCUT2D eigenvalue weighted by Gasteiger charge is 2.43. The molecule has 28 heavy (non-hydrogen) atoms. The first-order chi connectivity index (χ1) is 13.2. The van der Waals surface area contributed by atoms with Gasteiger partial charge in [-0.15, -0.1) is 0 Å². The Morgan fingerprint density at radius 1 is 0.929 bits per heavy atom. The first-order valence-corrected chi connectivity index (χ1v) is 12.9. The fraction of sp³-hybridized carbons (Fsp3) is 0.417. The van der Waals surface area contributed by atoms with Gasteiger partial charge in [0.15, 0.2) is 0 Å². The van der Waals surface area contributed by atoms with Gasteiger partial charge >= 0.3 is 0 Å². The van der Waals surface area contributed by atoms with Crippen molar-refractivity contribution in [3.63, 3.8) is 0 Å². The molecule has 0 fully saturated rings. The lowest BCUT2D eigenvalue weighted by Gasteiger charge is -2.42. The molecule has 0 amide bonds. The van der Waals surface area contributed by atoms with E-state index in [9.17, 15) is 5.11 Å². The quantitative estimate of drug-likeness (QED) is 0.648. The van der Waals surface area contributed by atoms with Gasteiger partial charge < -0.3 is 14.3 Å². The van der Waals surface area contributed by atoms with Crippen molar-refractivity contribution in [1.29, 1.82) is 0 Å². The van der Waals surface area contributed by atoms with Crippen LogP contribution < -0.4 is 0 Å². The summed E-state index contributed by atoms with van der Waals surface area (Å²) in [6, 6.07) is 20.4. The Balaban J connectivity index is 2.05. The average Bonchev–Trinajstić information content (AvgIpc) is 2.68. The second-order valence-corrected chi connectivity index (χ2v) is 13.7. The molecule has 1 heterocycles. The minimum Gasteiger partial charge on any atom is -0.545 e. The van der Waals surface area contributed by atoms with E-state index >= 15 is 0 Å². The van der Waals surface area contributed by atoms with E-state index in [2.05, 4.69) is 64.2 Å². The number of aliphatic hydroxyl groups excluding tert-OH is 1. The molecular weight excluding hydrogens is 364 g/mol. The van der Waals surface area contributed by atoms with Gasteiger partial charge in [0.25, 0.3) is 0 Å². The van der Waals surface area contributed by atoms with Gasteiger partial charge in [0.1, 0.15) is 11.9 Å². The number of rotatable bonds is 5. The van der Waals surface area contributed by atoms with Crippen LogP contribution in [-0.2, 0) is 9.16 Å². The molecule has 0 spiro atoms. The summed E-state index contributed by atoms with van der Waals surface area (Å²) >= 11 is 0. The molecule has 150 valence electrons. The van der Waals surface area contributed by atoms with Gasteiger partial charge in [0, 0.05) is 5.92 Å². The normalized spacial score (nSPS) is 23.2. The Morgan fingerprint density at radius 3 is 1.96 bits per heavy atom. The van der Waals surface area contributed by atoms with Gasteiger partial charge in [-0.1, -0.05) is 81.4 Å². The number of ether oxygens (including phenoxy) is 1. The second-order valence-electron chi connectivity index (χ2n) is 9.02. The topological polar surface area (TPSA) is 38.7 Å². The summed E-state index contributed by atoms with van der Waals surface area (Å²) < 4.78 is 13.2. The Bertz CT molecular complexity index is 794. The van der Waals surface area contributed by atoms with E-state index in [-0.39, 0.29) is 29.8 Å². The molecule has 0 saturated carbocycles. The summed E-state index contributed by atoms with van der Waals surface area (Å²) in [5.74, 6) is 0.835. The highest BCUT2D eigenvalue weighted by molar-refractivity contribution is 6.74. The van der Waals surface area contributed by atoms with Gasteiger partial charge in [-0.05, 0) is 35.3 Å². The molecule has 0 aromatic heterocycles. The minimum atomic E-state index is -2.04. The van der Waals surface area contributed by atoms with Crippen LogP contribution in [0, 0.1) is 0 Å². The number of hydrogen-bond acceptors (Lipinski definition) is 3. The smallest absolute Gasteiger partial charge is 0.250 e. The maximum absolute atomic E-state index is 10.0. The molecular formula is C24H32O3Si. The summed E-state index contributed by atoms with van der Waals surface area (Å²) in [4.78, 5) is 0. The van der Waals surface area contributed by atoms with Crippen LogP contribution in [0.15, 0.2) is 72.5 Å². The maximum Gasteiger partial charge on any atom is 0.250 e. The number of benzene rings is 2. The van der Waals surface area contributed by atoms with Gasteiger partial charge in [-0.2, -0.15) is 0 Å². The van der Waals surface area contributed by atoms with Crippen molar-refractivity contribution in [1.82, 2.24) is 0 Å². The zero-order valence-corrected chi connectivity index (χ0v) is 18.6. The summed E-state index contributed by atoms with van der Waals surface area (Å²) in [7, 11) is -2.04. The molecule has 1 N–H and O–H groups in total. The fourth-order valence-corrected chi connectivity index (χ4v) is 4.32. The van der Waals surface area contributed by atoms with Crippen LogP contribution in [0.5, 0.6) is 0 Å². The van der Waals surface area contributed by atoms with E-state index in [0.29, 0.717) is 0 Å². The van der Waals surface area contributed by atoms with Crippen LogP contribution in [0.4, 0.5) is 0 Å². The van der Waals surface area contributed by atoms with Crippen LogP contribution >= 0.6 is 0 Å². The fourth-order valence-electron chi connectivity index (χ4n) is 3.25. The highest BCUT2D eigenvalue weighted by atomic mass is 28.4. The largest absolute Gasteiger partial charge is 0.545 e. The van der Waals surface area contributed by atoms with Crippen LogP contribution in [0.1, 0.15) is 43.9 Å². The first-order valence-electron chi connectivity index (χ1n) is 10.00. The minimum absolute atomic E-state index is 0.0350. The molecule has 4 heteroatoms. The van der Waals surface area contributed by atoms with Crippen LogP contribution in [0.25, 0.3) is 0 Å². The molecule has 3 rings (SSSR count). The van der Waals surface area contributed by atoms with Gasteiger partial charge in [-0.3, -0.25) is 0 Å². The van der Waals surface area contributed by atoms with Crippen LogP contribution in [0.3, 0.4) is 0 Å². The zero-order valence-electron chi connectivity index (χ0n) is 17.6. The molecule has 3 atom stereocenters. The molecule has 1 aliphatic heterocycles. The van der Waals surface area contributed by atoms with Crippen molar-refractivity contribution < 1.29 is 14.3 Å². The van der Waals surface area contributed by atoms with E-state index in [1.807, 2.05) is 36.4 Å². The molecule has 2 aromatic carbocycles. The summed E-state index contributed by atoms with van der Waals surface area (Å²) in [5, 5.41) is 10.1. The second kappa shape index (κ2) is 8.24. The van der Waals surface area contributed by atoms with Crippen molar-refractivity contribution in [2.45, 2.75) is 57.0 Å².